The third-order valence-electron chi connectivity index (χ3n) is 5.98. The molecule has 200 valence electrons. The second-order valence-electron chi connectivity index (χ2n) is 8.72. The molecule has 1 aliphatic rings. The molecular formula is C25H28F4N4O4. The summed E-state index contributed by atoms with van der Waals surface area (Å²) < 4.78 is 57.3. The predicted molar refractivity (Wildman–Crippen MR) is 127 cm³/mol. The smallest absolute Gasteiger partial charge is 0.416 e. The van der Waals surface area contributed by atoms with E-state index in [1.165, 1.54) is 11.8 Å². The molecule has 0 spiro atoms. The minimum Gasteiger partial charge on any atom is -0.497 e. The number of benzene rings is 2. The van der Waals surface area contributed by atoms with Crippen LogP contribution < -0.4 is 20.7 Å². The zero-order valence-electron chi connectivity index (χ0n) is 20.3. The highest BCUT2D eigenvalue weighted by Gasteiger charge is 2.32. The maximum absolute atomic E-state index is 13.5. The number of anilines is 1. The number of nitrogens with zero attached hydrogens (tertiary/aromatic N) is 1. The molecule has 0 unspecified atom stereocenters. The van der Waals surface area contributed by atoms with Gasteiger partial charge in [0.15, 0.2) is 0 Å². The Balaban J connectivity index is 1.46. The molecule has 0 radical (unpaired) electrons. The monoisotopic (exact) mass is 524 g/mol. The lowest BCUT2D eigenvalue weighted by Crippen LogP contribution is -2.51. The summed E-state index contributed by atoms with van der Waals surface area (Å²) in [6.45, 7) is 2.40. The van der Waals surface area contributed by atoms with E-state index in [4.69, 9.17) is 4.74 Å². The summed E-state index contributed by atoms with van der Waals surface area (Å²) in [5.41, 5.74) is -0.751. The summed E-state index contributed by atoms with van der Waals surface area (Å²) >= 11 is 0. The number of carbonyl (C=O) groups is 3. The number of alkyl halides is 3. The first-order chi connectivity index (χ1) is 17.5. The van der Waals surface area contributed by atoms with E-state index < -0.39 is 41.2 Å². The van der Waals surface area contributed by atoms with Gasteiger partial charge in [0.2, 0.25) is 11.8 Å². The molecule has 37 heavy (non-hydrogen) atoms. The van der Waals surface area contributed by atoms with Crippen LogP contribution in [0.4, 0.5) is 28.0 Å². The molecule has 8 nitrogen and oxygen atoms in total. The topological polar surface area (TPSA) is 99.8 Å². The highest BCUT2D eigenvalue weighted by atomic mass is 19.4. The first-order valence-electron chi connectivity index (χ1n) is 11.6. The molecule has 2 aromatic rings. The first-order valence-corrected chi connectivity index (χ1v) is 11.6. The van der Waals surface area contributed by atoms with E-state index in [-0.39, 0.29) is 11.8 Å². The molecular weight excluding hydrogens is 496 g/mol. The predicted octanol–water partition coefficient (Wildman–Crippen LogP) is 3.92. The third kappa shape index (κ3) is 7.83. The molecule has 1 aliphatic heterocycles. The van der Waals surface area contributed by atoms with Crippen molar-refractivity contribution in [2.24, 2.45) is 5.92 Å². The number of halogens is 4. The summed E-state index contributed by atoms with van der Waals surface area (Å²) in [6.07, 6.45) is -3.90. The largest absolute Gasteiger partial charge is 0.497 e. The molecule has 1 atom stereocenters. The van der Waals surface area contributed by atoms with Crippen LogP contribution in [0, 0.1) is 11.7 Å². The zero-order chi connectivity index (χ0) is 27.2. The molecule has 0 aliphatic carbocycles. The van der Waals surface area contributed by atoms with Crippen LogP contribution in [0.2, 0.25) is 0 Å². The minimum atomic E-state index is -4.78. The number of carbonyl (C=O) groups excluding carboxylic acids is 3. The number of methoxy groups -OCH3 is 1. The number of amides is 4. The maximum Gasteiger partial charge on any atom is 0.416 e. The van der Waals surface area contributed by atoms with Crippen molar-refractivity contribution >= 4 is 23.5 Å². The van der Waals surface area contributed by atoms with E-state index >= 15 is 0 Å². The molecule has 0 aromatic heterocycles. The zero-order valence-corrected chi connectivity index (χ0v) is 20.3. The second kappa shape index (κ2) is 11.9. The van der Waals surface area contributed by atoms with Crippen LogP contribution in [-0.2, 0) is 22.3 Å². The van der Waals surface area contributed by atoms with Crippen LogP contribution in [0.15, 0.2) is 42.5 Å². The van der Waals surface area contributed by atoms with E-state index in [0.717, 1.165) is 11.6 Å². The van der Waals surface area contributed by atoms with Crippen molar-refractivity contribution in [3.8, 4) is 5.75 Å². The molecule has 4 amide bonds. The van der Waals surface area contributed by atoms with Crippen LogP contribution in [0.25, 0.3) is 0 Å². The van der Waals surface area contributed by atoms with E-state index in [1.807, 2.05) is 24.3 Å². The normalized spacial score (nSPS) is 15.0. The lowest BCUT2D eigenvalue weighted by Gasteiger charge is -2.33. The molecule has 0 saturated carbocycles. The SMILES string of the molecule is COc1cccc(CNC(=O)C2CCN(C(=O)[C@@H](C)NC(=O)Nc3cc(F)cc(C(F)(F)F)c3)CC2)c1. The number of hydrogen-bond acceptors (Lipinski definition) is 4. The van der Waals surface area contributed by atoms with Crippen LogP contribution >= 0.6 is 0 Å². The Morgan fingerprint density at radius 3 is 2.46 bits per heavy atom. The number of urea groups is 1. The fourth-order valence-corrected chi connectivity index (χ4v) is 4.00. The maximum atomic E-state index is 13.5. The van der Waals surface area contributed by atoms with Gasteiger partial charge in [-0.2, -0.15) is 13.2 Å². The summed E-state index contributed by atoms with van der Waals surface area (Å²) in [6, 6.07) is 7.05. The summed E-state index contributed by atoms with van der Waals surface area (Å²) in [5, 5.41) is 7.36. The van der Waals surface area contributed by atoms with Gasteiger partial charge in [0.05, 0.1) is 12.7 Å². The van der Waals surface area contributed by atoms with Gasteiger partial charge < -0.3 is 25.6 Å². The van der Waals surface area contributed by atoms with Crippen LogP contribution in [0.5, 0.6) is 5.75 Å². The van der Waals surface area contributed by atoms with Crippen LogP contribution in [0.3, 0.4) is 0 Å². The fraction of sp³-hybridized carbons (Fsp3) is 0.400. The Hall–Kier alpha value is -3.83. The Morgan fingerprint density at radius 1 is 1.11 bits per heavy atom. The van der Waals surface area contributed by atoms with Crippen molar-refractivity contribution in [1.29, 1.82) is 0 Å². The van der Waals surface area contributed by atoms with Gasteiger partial charge in [0, 0.05) is 31.2 Å². The Labute approximate surface area is 211 Å². The van der Waals surface area contributed by atoms with Gasteiger partial charge in [-0.3, -0.25) is 9.59 Å². The van der Waals surface area contributed by atoms with Crippen LogP contribution in [-0.4, -0.2) is 49.0 Å². The Morgan fingerprint density at radius 2 is 1.81 bits per heavy atom. The second-order valence-corrected chi connectivity index (χ2v) is 8.72. The summed E-state index contributed by atoms with van der Waals surface area (Å²) in [7, 11) is 1.56. The minimum absolute atomic E-state index is 0.117. The molecule has 12 heteroatoms. The Bertz CT molecular complexity index is 1130. The van der Waals surface area contributed by atoms with Crippen molar-refractivity contribution in [3.05, 3.63) is 59.4 Å². The first kappa shape index (κ1) is 27.8. The third-order valence-corrected chi connectivity index (χ3v) is 5.98. The molecule has 3 N–H and O–H groups in total. The van der Waals surface area contributed by atoms with Crippen molar-refractivity contribution < 1.29 is 36.7 Å². The number of piperidine rings is 1. The quantitative estimate of drug-likeness (QED) is 0.478. The number of rotatable bonds is 7. The van der Waals surface area contributed by atoms with Gasteiger partial charge in [-0.1, -0.05) is 12.1 Å². The van der Waals surface area contributed by atoms with Crippen LogP contribution in [0.1, 0.15) is 30.9 Å². The van der Waals surface area contributed by atoms with Crippen molar-refractivity contribution in [1.82, 2.24) is 15.5 Å². The number of nitrogens with one attached hydrogen (secondary N) is 3. The van der Waals surface area contributed by atoms with E-state index in [1.54, 1.807) is 7.11 Å². The average Bonchev–Trinajstić information content (AvgIpc) is 2.86. The van der Waals surface area contributed by atoms with Gasteiger partial charge in [-0.05, 0) is 55.7 Å². The fourth-order valence-electron chi connectivity index (χ4n) is 4.00. The molecule has 2 aromatic carbocycles. The standard InChI is InChI=1S/C25H28F4N4O4/c1-15(31-24(36)32-20-12-18(25(27,28)29)11-19(26)13-20)23(35)33-8-6-17(7-9-33)22(34)30-14-16-4-3-5-21(10-16)37-2/h3-5,10-13,15,17H,6-9,14H2,1-2H3,(H,30,34)(H2,31,32,36)/t15-/m1/s1. The van der Waals surface area contributed by atoms with E-state index in [0.29, 0.717) is 50.4 Å². The number of likely N-dealkylation sites (tertiary alicyclic amines) is 1. The highest BCUT2D eigenvalue weighted by Crippen LogP contribution is 2.31. The summed E-state index contributed by atoms with van der Waals surface area (Å²) in [5.74, 6) is -1.26. The number of hydrogen-bond donors (Lipinski definition) is 3. The van der Waals surface area contributed by atoms with Gasteiger partial charge >= 0.3 is 12.2 Å². The van der Waals surface area contributed by atoms with E-state index in [2.05, 4.69) is 16.0 Å². The van der Waals surface area contributed by atoms with Crippen molar-refractivity contribution in [2.75, 3.05) is 25.5 Å². The lowest BCUT2D eigenvalue weighted by atomic mass is 9.95. The molecule has 1 fully saturated rings. The van der Waals surface area contributed by atoms with Gasteiger partial charge in [0.1, 0.15) is 17.6 Å². The van der Waals surface area contributed by atoms with Gasteiger partial charge in [-0.15, -0.1) is 0 Å². The number of ether oxygens (including phenoxy) is 1. The summed E-state index contributed by atoms with van der Waals surface area (Å²) in [4.78, 5) is 39.0. The van der Waals surface area contributed by atoms with Crippen molar-refractivity contribution in [2.45, 2.75) is 38.5 Å². The highest BCUT2D eigenvalue weighted by molar-refractivity contribution is 5.93. The molecule has 1 saturated heterocycles. The molecule has 3 rings (SSSR count). The van der Waals surface area contributed by atoms with Gasteiger partial charge in [0.25, 0.3) is 0 Å². The molecule has 1 heterocycles. The van der Waals surface area contributed by atoms with Gasteiger partial charge in [-0.25, -0.2) is 9.18 Å². The molecule has 0 bridgehead atoms. The average molecular weight is 525 g/mol. The Kier molecular flexibility index (Phi) is 8.95. The van der Waals surface area contributed by atoms with Crippen molar-refractivity contribution in [3.63, 3.8) is 0 Å². The lowest BCUT2D eigenvalue weighted by molar-refractivity contribution is -0.137. The van der Waals surface area contributed by atoms with E-state index in [9.17, 15) is 31.9 Å².